The lowest BCUT2D eigenvalue weighted by molar-refractivity contribution is -0.137. The lowest BCUT2D eigenvalue weighted by Gasteiger charge is -2.25. The van der Waals surface area contributed by atoms with E-state index in [1.807, 2.05) is 52.8 Å². The Balaban J connectivity index is 1.96. The van der Waals surface area contributed by atoms with Gasteiger partial charge in [-0.1, -0.05) is 56.7 Å². The molecule has 192 valence electrons. The Morgan fingerprint density at radius 3 is 2.47 bits per heavy atom. The molecule has 0 saturated carbocycles. The average Bonchev–Trinajstić information content (AvgIpc) is 3.22. The van der Waals surface area contributed by atoms with Crippen molar-refractivity contribution in [2.75, 3.05) is 6.61 Å². The minimum absolute atomic E-state index is 0.0633. The van der Waals surface area contributed by atoms with Gasteiger partial charge >= 0.3 is 5.97 Å². The zero-order chi connectivity index (χ0) is 26.6. The summed E-state index contributed by atoms with van der Waals surface area (Å²) in [6.07, 6.45) is -1.16. The number of nitrogens with one attached hydrogen (secondary N) is 1. The molecule has 0 spiro atoms. The normalized spacial score (nSPS) is 13.2. The number of rotatable bonds is 9. The number of aliphatic carboxylic acids is 1. The van der Waals surface area contributed by atoms with E-state index < -0.39 is 35.3 Å². The summed E-state index contributed by atoms with van der Waals surface area (Å²) >= 11 is 0. The number of carbonyl (C=O) groups excluding carboxylic acids is 1. The molecular formula is C27H32FN3O5. The number of carboxylic acids is 1. The SMILES string of the molecule is Cc1ccc(C)c(C(CC(=O)O)NC(=O)c2cc(OCC(O)C(C)(C)C)n(-c3ccccc3F)n2)c1. The number of ether oxygens (including phenoxy) is 1. The predicted octanol–water partition coefficient (Wildman–Crippen LogP) is 4.36. The van der Waals surface area contributed by atoms with Gasteiger partial charge in [-0.2, -0.15) is 9.78 Å². The van der Waals surface area contributed by atoms with Gasteiger partial charge in [-0.25, -0.2) is 4.39 Å². The van der Waals surface area contributed by atoms with Crippen LogP contribution >= 0.6 is 0 Å². The molecule has 3 aromatic rings. The molecule has 0 saturated heterocycles. The van der Waals surface area contributed by atoms with Crippen LogP contribution in [0.2, 0.25) is 0 Å². The summed E-state index contributed by atoms with van der Waals surface area (Å²) < 4.78 is 21.5. The molecule has 0 fully saturated rings. The molecule has 8 nitrogen and oxygen atoms in total. The Labute approximate surface area is 209 Å². The third kappa shape index (κ3) is 6.48. The first-order valence-corrected chi connectivity index (χ1v) is 11.6. The van der Waals surface area contributed by atoms with E-state index in [2.05, 4.69) is 10.4 Å². The number of hydrogen-bond acceptors (Lipinski definition) is 5. The highest BCUT2D eigenvalue weighted by Gasteiger charge is 2.26. The number of hydrogen-bond donors (Lipinski definition) is 3. The third-order valence-corrected chi connectivity index (χ3v) is 5.87. The van der Waals surface area contributed by atoms with Crippen molar-refractivity contribution in [2.45, 2.75) is 53.2 Å². The molecule has 0 aliphatic heterocycles. The first-order valence-electron chi connectivity index (χ1n) is 11.6. The van der Waals surface area contributed by atoms with Gasteiger partial charge in [0.1, 0.15) is 18.1 Å². The van der Waals surface area contributed by atoms with Crippen LogP contribution in [0.3, 0.4) is 0 Å². The van der Waals surface area contributed by atoms with E-state index in [0.29, 0.717) is 5.56 Å². The van der Waals surface area contributed by atoms with E-state index >= 15 is 0 Å². The minimum Gasteiger partial charge on any atom is -0.481 e. The molecule has 0 bridgehead atoms. The highest BCUT2D eigenvalue weighted by Crippen LogP contribution is 2.26. The fourth-order valence-electron chi connectivity index (χ4n) is 3.57. The largest absolute Gasteiger partial charge is 0.481 e. The van der Waals surface area contributed by atoms with Gasteiger partial charge in [0.2, 0.25) is 5.88 Å². The van der Waals surface area contributed by atoms with Gasteiger partial charge in [-0.05, 0) is 42.5 Å². The van der Waals surface area contributed by atoms with E-state index in [1.54, 1.807) is 6.07 Å². The number of halogens is 1. The summed E-state index contributed by atoms with van der Waals surface area (Å²) in [5, 5.41) is 26.8. The summed E-state index contributed by atoms with van der Waals surface area (Å²) in [6, 6.07) is 12.0. The number of aromatic nitrogens is 2. The standard InChI is InChI=1S/C27H32FN3O5/c1-16-10-11-17(2)18(12-16)20(14-25(33)34)29-26(35)21-13-24(36-15-23(32)27(3,4)5)31(30-21)22-9-7-6-8-19(22)28/h6-13,20,23,32H,14-15H2,1-5H3,(H,29,35)(H,33,34). The summed E-state index contributed by atoms with van der Waals surface area (Å²) in [4.78, 5) is 24.8. The maximum absolute atomic E-state index is 14.6. The van der Waals surface area contributed by atoms with Gasteiger partial charge < -0.3 is 20.3 Å². The molecule has 1 amide bonds. The van der Waals surface area contributed by atoms with Crippen molar-refractivity contribution in [3.05, 3.63) is 76.7 Å². The van der Waals surface area contributed by atoms with Crippen LogP contribution < -0.4 is 10.1 Å². The van der Waals surface area contributed by atoms with E-state index in [0.717, 1.165) is 15.8 Å². The van der Waals surface area contributed by atoms with Gasteiger partial charge in [0.15, 0.2) is 5.69 Å². The average molecular weight is 498 g/mol. The summed E-state index contributed by atoms with van der Waals surface area (Å²) in [6.45, 7) is 9.18. The molecule has 2 atom stereocenters. The number of carbonyl (C=O) groups is 2. The van der Waals surface area contributed by atoms with Crippen LogP contribution in [0.1, 0.15) is 60.4 Å². The lowest BCUT2D eigenvalue weighted by Crippen LogP contribution is -2.32. The Morgan fingerprint density at radius 2 is 1.83 bits per heavy atom. The monoisotopic (exact) mass is 497 g/mol. The molecule has 0 radical (unpaired) electrons. The van der Waals surface area contributed by atoms with Crippen LogP contribution in [-0.2, 0) is 4.79 Å². The molecule has 0 aliphatic carbocycles. The molecule has 1 heterocycles. The van der Waals surface area contributed by atoms with E-state index in [9.17, 15) is 24.2 Å². The molecule has 0 aliphatic rings. The zero-order valence-electron chi connectivity index (χ0n) is 21.1. The van der Waals surface area contributed by atoms with Crippen LogP contribution in [0.25, 0.3) is 5.69 Å². The van der Waals surface area contributed by atoms with Crippen molar-refractivity contribution in [3.63, 3.8) is 0 Å². The molecule has 2 aromatic carbocycles. The van der Waals surface area contributed by atoms with E-state index in [1.165, 1.54) is 24.3 Å². The molecule has 3 N–H and O–H groups in total. The third-order valence-electron chi connectivity index (χ3n) is 5.87. The van der Waals surface area contributed by atoms with Crippen LogP contribution in [0.5, 0.6) is 5.88 Å². The number of amides is 1. The summed E-state index contributed by atoms with van der Waals surface area (Å²) in [7, 11) is 0. The molecule has 2 unspecified atom stereocenters. The van der Waals surface area contributed by atoms with Gasteiger partial charge in [-0.15, -0.1) is 0 Å². The second-order valence-corrected chi connectivity index (χ2v) is 9.91. The number of carboxylic acid groups (broad SMARTS) is 1. The second kappa shape index (κ2) is 10.9. The number of aliphatic hydroxyl groups excluding tert-OH is 1. The van der Waals surface area contributed by atoms with Crippen LogP contribution in [0.4, 0.5) is 4.39 Å². The van der Waals surface area contributed by atoms with Crippen molar-refractivity contribution >= 4 is 11.9 Å². The number of benzene rings is 2. The number of nitrogens with zero attached hydrogens (tertiary/aromatic N) is 2. The minimum atomic E-state index is -1.07. The molecular weight excluding hydrogens is 465 g/mol. The fraction of sp³-hybridized carbons (Fsp3) is 0.370. The van der Waals surface area contributed by atoms with Crippen molar-refractivity contribution in [2.24, 2.45) is 5.41 Å². The van der Waals surface area contributed by atoms with Gasteiger partial charge in [0.05, 0.1) is 18.6 Å². The maximum Gasteiger partial charge on any atom is 0.305 e. The summed E-state index contributed by atoms with van der Waals surface area (Å²) in [5.74, 6) is -2.22. The number of aryl methyl sites for hydroxylation is 2. The Kier molecular flexibility index (Phi) is 8.14. The maximum atomic E-state index is 14.6. The van der Waals surface area contributed by atoms with Crippen molar-refractivity contribution in [1.29, 1.82) is 0 Å². The highest BCUT2D eigenvalue weighted by atomic mass is 19.1. The topological polar surface area (TPSA) is 114 Å². The first-order chi connectivity index (χ1) is 16.9. The molecule has 36 heavy (non-hydrogen) atoms. The fourth-order valence-corrected chi connectivity index (χ4v) is 3.57. The quantitative estimate of drug-likeness (QED) is 0.405. The lowest BCUT2D eigenvalue weighted by atomic mass is 9.90. The first kappa shape index (κ1) is 26.9. The molecule has 9 heteroatoms. The van der Waals surface area contributed by atoms with Gasteiger partial charge in [0, 0.05) is 6.07 Å². The van der Waals surface area contributed by atoms with Gasteiger partial charge in [0.25, 0.3) is 5.91 Å². The second-order valence-electron chi connectivity index (χ2n) is 9.91. The molecule has 3 rings (SSSR count). The number of aliphatic hydroxyl groups is 1. The van der Waals surface area contributed by atoms with E-state index in [-0.39, 0.29) is 30.3 Å². The Morgan fingerprint density at radius 1 is 1.14 bits per heavy atom. The van der Waals surface area contributed by atoms with Crippen molar-refractivity contribution in [3.8, 4) is 11.6 Å². The Hall–Kier alpha value is -3.72. The van der Waals surface area contributed by atoms with Crippen molar-refractivity contribution < 1.29 is 28.9 Å². The van der Waals surface area contributed by atoms with Crippen LogP contribution in [-0.4, -0.2) is 44.6 Å². The highest BCUT2D eigenvalue weighted by molar-refractivity contribution is 5.93. The van der Waals surface area contributed by atoms with Crippen molar-refractivity contribution in [1.82, 2.24) is 15.1 Å². The smallest absolute Gasteiger partial charge is 0.305 e. The van der Waals surface area contributed by atoms with E-state index in [4.69, 9.17) is 4.74 Å². The molecule has 1 aromatic heterocycles. The van der Waals surface area contributed by atoms with Gasteiger partial charge in [-0.3, -0.25) is 9.59 Å². The van der Waals surface area contributed by atoms with Crippen LogP contribution in [0, 0.1) is 25.1 Å². The predicted molar refractivity (Wildman–Crippen MR) is 133 cm³/mol. The Bertz CT molecular complexity index is 1250. The number of para-hydroxylation sites is 1. The summed E-state index contributed by atoms with van der Waals surface area (Å²) in [5.41, 5.74) is 1.97. The zero-order valence-corrected chi connectivity index (χ0v) is 21.1. The van der Waals surface area contributed by atoms with Crippen LogP contribution in [0.15, 0.2) is 48.5 Å².